The van der Waals surface area contributed by atoms with Crippen molar-refractivity contribution in [2.75, 3.05) is 11.1 Å². The summed E-state index contributed by atoms with van der Waals surface area (Å²) >= 11 is 2.81. The number of thioether (sulfide) groups is 1. The number of allylic oxidation sites excluding steroid dienone is 1. The van der Waals surface area contributed by atoms with Gasteiger partial charge in [-0.05, 0) is 43.9 Å². The van der Waals surface area contributed by atoms with Crippen molar-refractivity contribution >= 4 is 34.1 Å². The van der Waals surface area contributed by atoms with Crippen LogP contribution in [0.25, 0.3) is 0 Å². The molecule has 2 heterocycles. The molecule has 1 aliphatic rings. The Morgan fingerprint density at radius 1 is 1.23 bits per heavy atom. The van der Waals surface area contributed by atoms with Crippen molar-refractivity contribution in [2.45, 2.75) is 76.1 Å². The van der Waals surface area contributed by atoms with E-state index in [-0.39, 0.29) is 17.8 Å². The quantitative estimate of drug-likeness (QED) is 0.256. The van der Waals surface area contributed by atoms with Gasteiger partial charge in [0.05, 0.1) is 5.75 Å². The highest BCUT2D eigenvalue weighted by molar-refractivity contribution is 7.99. The van der Waals surface area contributed by atoms with Gasteiger partial charge in [-0.25, -0.2) is 0 Å². The molecule has 35 heavy (non-hydrogen) atoms. The van der Waals surface area contributed by atoms with Gasteiger partial charge >= 0.3 is 0 Å². The molecule has 1 aliphatic carbocycles. The third-order valence-corrected chi connectivity index (χ3v) is 8.01. The minimum absolute atomic E-state index is 0.142. The molecule has 1 amide bonds. The Balaban J connectivity index is 1.35. The van der Waals surface area contributed by atoms with Crippen LogP contribution in [0.1, 0.15) is 74.4 Å². The fourth-order valence-electron chi connectivity index (χ4n) is 4.15. The molecule has 1 saturated carbocycles. The molecule has 0 spiro atoms. The summed E-state index contributed by atoms with van der Waals surface area (Å²) in [6.07, 6.45) is 8.56. The van der Waals surface area contributed by atoms with Crippen molar-refractivity contribution in [3.63, 3.8) is 0 Å². The smallest absolute Gasteiger partial charge is 0.236 e. The molecule has 186 valence electrons. The van der Waals surface area contributed by atoms with E-state index in [0.717, 1.165) is 30.0 Å². The fraction of sp³-hybridized carbons (Fsp3) is 0.480. The van der Waals surface area contributed by atoms with E-state index in [1.807, 2.05) is 23.6 Å². The molecule has 8 nitrogen and oxygen atoms in total. The van der Waals surface area contributed by atoms with E-state index in [4.69, 9.17) is 4.74 Å². The van der Waals surface area contributed by atoms with E-state index in [9.17, 15) is 4.79 Å². The van der Waals surface area contributed by atoms with Crippen molar-refractivity contribution < 1.29 is 9.53 Å². The van der Waals surface area contributed by atoms with Crippen LogP contribution < -0.4 is 10.1 Å². The fourth-order valence-corrected chi connectivity index (χ4v) is 5.84. The Bertz CT molecular complexity index is 1120. The number of hydrogen-bond acceptors (Lipinski definition) is 8. The lowest BCUT2D eigenvalue weighted by Crippen LogP contribution is -2.15. The molecule has 0 aliphatic heterocycles. The van der Waals surface area contributed by atoms with Gasteiger partial charge in [0.1, 0.15) is 10.8 Å². The summed E-state index contributed by atoms with van der Waals surface area (Å²) in [5.74, 6) is 2.00. The van der Waals surface area contributed by atoms with E-state index in [0.29, 0.717) is 28.6 Å². The summed E-state index contributed by atoms with van der Waals surface area (Å²) in [6, 6.07) is 8.06. The number of hydrogen-bond donors (Lipinski definition) is 1. The van der Waals surface area contributed by atoms with E-state index in [1.54, 1.807) is 6.08 Å². The standard InChI is InChI=1S/C25H32N6O2S2/c1-4-15-31-22(17(3)33-20-13-11-18(5-2)12-14-20)27-30-25(31)34-16-21(32)26-24-29-28-23(35-24)19-9-7-6-8-10-19/h4,11-14,17,19H,1,5-10,15-16H2,2-3H3,(H,26,29,32). The predicted octanol–water partition coefficient (Wildman–Crippen LogP) is 5.80. The van der Waals surface area contributed by atoms with Crippen LogP contribution >= 0.6 is 23.1 Å². The van der Waals surface area contributed by atoms with Crippen molar-refractivity contribution in [1.29, 1.82) is 0 Å². The van der Waals surface area contributed by atoms with Crippen LogP contribution in [0.2, 0.25) is 0 Å². The summed E-state index contributed by atoms with van der Waals surface area (Å²) in [7, 11) is 0. The number of ether oxygens (including phenoxy) is 1. The number of benzene rings is 1. The maximum Gasteiger partial charge on any atom is 0.236 e. The van der Waals surface area contributed by atoms with Crippen molar-refractivity contribution in [3.05, 3.63) is 53.3 Å². The van der Waals surface area contributed by atoms with Gasteiger partial charge < -0.3 is 4.74 Å². The third-order valence-electron chi connectivity index (χ3n) is 6.04. The van der Waals surface area contributed by atoms with Gasteiger partial charge in [0, 0.05) is 12.5 Å². The second-order valence-electron chi connectivity index (χ2n) is 8.61. The molecule has 0 saturated heterocycles. The largest absolute Gasteiger partial charge is 0.483 e. The maximum absolute atomic E-state index is 12.6. The Morgan fingerprint density at radius 3 is 2.71 bits per heavy atom. The van der Waals surface area contributed by atoms with Gasteiger partial charge in [0.15, 0.2) is 17.1 Å². The Hall–Kier alpha value is -2.72. The number of aryl methyl sites for hydroxylation is 1. The molecular formula is C25H32N6O2S2. The summed E-state index contributed by atoms with van der Waals surface area (Å²) in [5.41, 5.74) is 1.26. The average molecular weight is 513 g/mol. The first-order chi connectivity index (χ1) is 17.1. The van der Waals surface area contributed by atoms with Gasteiger partial charge in [0.2, 0.25) is 11.0 Å². The molecule has 4 rings (SSSR count). The van der Waals surface area contributed by atoms with Gasteiger partial charge in [0.25, 0.3) is 0 Å². The minimum atomic E-state index is -0.308. The molecule has 1 N–H and O–H groups in total. The normalized spacial score (nSPS) is 15.0. The monoisotopic (exact) mass is 512 g/mol. The Kier molecular flexibility index (Phi) is 8.92. The van der Waals surface area contributed by atoms with Crippen LogP contribution in [0.5, 0.6) is 5.75 Å². The lowest BCUT2D eigenvalue weighted by atomic mass is 9.90. The van der Waals surface area contributed by atoms with Crippen LogP contribution in [0.3, 0.4) is 0 Å². The number of aromatic nitrogens is 5. The van der Waals surface area contributed by atoms with Gasteiger partial charge in [-0.3, -0.25) is 14.7 Å². The number of rotatable bonds is 11. The molecule has 1 atom stereocenters. The zero-order chi connectivity index (χ0) is 24.6. The number of anilines is 1. The average Bonchev–Trinajstić information content (AvgIpc) is 3.51. The number of nitrogens with one attached hydrogen (secondary N) is 1. The second-order valence-corrected chi connectivity index (χ2v) is 10.6. The summed E-state index contributed by atoms with van der Waals surface area (Å²) in [4.78, 5) is 12.6. The van der Waals surface area contributed by atoms with Crippen LogP contribution in [0.15, 0.2) is 42.1 Å². The number of nitrogens with zero attached hydrogens (tertiary/aromatic N) is 5. The molecule has 1 aromatic carbocycles. The molecule has 1 fully saturated rings. The first-order valence-electron chi connectivity index (χ1n) is 12.1. The lowest BCUT2D eigenvalue weighted by Gasteiger charge is -2.18. The first-order valence-corrected chi connectivity index (χ1v) is 13.9. The minimum Gasteiger partial charge on any atom is -0.483 e. The molecule has 10 heteroatoms. The first kappa shape index (κ1) is 25.4. The van der Waals surface area contributed by atoms with E-state index >= 15 is 0 Å². The molecular weight excluding hydrogens is 480 g/mol. The molecule has 0 radical (unpaired) electrons. The zero-order valence-electron chi connectivity index (χ0n) is 20.3. The Labute approximate surface area is 214 Å². The highest BCUT2D eigenvalue weighted by atomic mass is 32.2. The van der Waals surface area contributed by atoms with Crippen molar-refractivity contribution in [2.24, 2.45) is 0 Å². The molecule has 3 aromatic rings. The predicted molar refractivity (Wildman–Crippen MR) is 140 cm³/mol. The highest BCUT2D eigenvalue weighted by Crippen LogP contribution is 2.35. The van der Waals surface area contributed by atoms with Crippen LogP contribution in [0.4, 0.5) is 5.13 Å². The second kappa shape index (κ2) is 12.3. The number of amides is 1. The summed E-state index contributed by atoms with van der Waals surface area (Å²) in [5, 5.41) is 22.3. The Morgan fingerprint density at radius 2 is 2.00 bits per heavy atom. The highest BCUT2D eigenvalue weighted by Gasteiger charge is 2.22. The van der Waals surface area contributed by atoms with Gasteiger partial charge in [-0.1, -0.05) is 67.5 Å². The molecule has 0 bridgehead atoms. The van der Waals surface area contributed by atoms with Gasteiger partial charge in [-0.2, -0.15) is 0 Å². The van der Waals surface area contributed by atoms with Gasteiger partial charge in [-0.15, -0.1) is 27.0 Å². The molecule has 1 unspecified atom stereocenters. The summed E-state index contributed by atoms with van der Waals surface area (Å²) < 4.78 is 8.03. The third kappa shape index (κ3) is 6.70. The van der Waals surface area contributed by atoms with Crippen molar-refractivity contribution in [3.8, 4) is 5.75 Å². The van der Waals surface area contributed by atoms with Crippen LogP contribution in [-0.2, 0) is 17.8 Å². The van der Waals surface area contributed by atoms with Crippen molar-refractivity contribution in [1.82, 2.24) is 25.0 Å². The summed E-state index contributed by atoms with van der Waals surface area (Å²) in [6.45, 7) is 8.44. The van der Waals surface area contributed by atoms with E-state index in [1.165, 1.54) is 47.9 Å². The van der Waals surface area contributed by atoms with Crippen LogP contribution in [0, 0.1) is 0 Å². The van der Waals surface area contributed by atoms with E-state index < -0.39 is 0 Å². The topological polar surface area (TPSA) is 94.8 Å². The zero-order valence-corrected chi connectivity index (χ0v) is 21.9. The number of carbonyl (C=O) groups excluding carboxylic acids is 1. The maximum atomic E-state index is 12.6. The lowest BCUT2D eigenvalue weighted by molar-refractivity contribution is -0.113. The van der Waals surface area contributed by atoms with Crippen LogP contribution in [-0.4, -0.2) is 36.6 Å². The van der Waals surface area contributed by atoms with E-state index in [2.05, 4.69) is 51.3 Å². The SMILES string of the molecule is C=CCn1c(SCC(=O)Nc2nnc(C3CCCCC3)s2)nnc1C(C)Oc1ccc(CC)cc1. The number of carbonyl (C=O) groups is 1. The molecule has 2 aromatic heterocycles.